The number of thiocarbonyl (C=S) groups is 1. The summed E-state index contributed by atoms with van der Waals surface area (Å²) in [5.74, 6) is 0.758. The number of aromatic nitrogens is 2. The lowest BCUT2D eigenvalue weighted by molar-refractivity contribution is 0.752. The van der Waals surface area contributed by atoms with E-state index < -0.39 is 0 Å². The smallest absolute Gasteiger partial charge is 0.115 e. The number of rotatable bonds is 7. The predicted octanol–water partition coefficient (Wildman–Crippen LogP) is 6.94. The van der Waals surface area contributed by atoms with Crippen LogP contribution in [0.1, 0.15) is 38.9 Å². The number of benzene rings is 2. The largest absolute Gasteiger partial charge is 0.375 e. The van der Waals surface area contributed by atoms with Gasteiger partial charge in [-0.25, -0.2) is 13.6 Å². The molecule has 3 aromatic rings. The van der Waals surface area contributed by atoms with Gasteiger partial charge in [-0.05, 0) is 63.8 Å². The van der Waals surface area contributed by atoms with Crippen molar-refractivity contribution in [1.29, 1.82) is 0 Å². The summed E-state index contributed by atoms with van der Waals surface area (Å²) >= 11 is 12.0. The molecule has 4 nitrogen and oxygen atoms in total. The Morgan fingerprint density at radius 1 is 0.848 bits per heavy atom. The van der Waals surface area contributed by atoms with Gasteiger partial charge in [-0.15, -0.1) is 0 Å². The van der Waals surface area contributed by atoms with E-state index in [4.69, 9.17) is 15.8 Å². The van der Waals surface area contributed by atoms with Crippen molar-refractivity contribution in [3.05, 3.63) is 81.9 Å². The van der Waals surface area contributed by atoms with E-state index in [0.717, 1.165) is 17.9 Å². The highest BCUT2D eigenvalue weighted by Gasteiger charge is 2.09. The summed E-state index contributed by atoms with van der Waals surface area (Å²) in [6.45, 7) is 13.6. The van der Waals surface area contributed by atoms with Gasteiger partial charge in [0, 0.05) is 64.1 Å². The first kappa shape index (κ1) is 27.7. The maximum atomic E-state index is 5.84. The second-order valence-electron chi connectivity index (χ2n) is 7.80. The van der Waals surface area contributed by atoms with Gasteiger partial charge in [0.15, 0.2) is 0 Å². The topological polar surface area (TPSA) is 47.0 Å². The molecule has 33 heavy (non-hydrogen) atoms. The van der Waals surface area contributed by atoms with Crippen LogP contribution in [0.4, 0.5) is 0 Å². The highest BCUT2D eigenvalue weighted by atomic mass is 32.2. The molecule has 1 aromatic heterocycles. The van der Waals surface area contributed by atoms with E-state index >= 15 is 0 Å². The highest BCUT2D eigenvalue weighted by Crippen LogP contribution is 2.36. The number of hydrogen-bond acceptors (Lipinski definition) is 7. The molecule has 8 heteroatoms. The van der Waals surface area contributed by atoms with Crippen LogP contribution in [0.3, 0.4) is 0 Å². The van der Waals surface area contributed by atoms with Gasteiger partial charge in [0.2, 0.25) is 0 Å². The summed E-state index contributed by atoms with van der Waals surface area (Å²) in [5.41, 5.74) is 8.53. The first-order chi connectivity index (χ1) is 15.7. The van der Waals surface area contributed by atoms with Crippen LogP contribution >= 0.6 is 48.9 Å². The quantitative estimate of drug-likeness (QED) is 0.200. The first-order valence-electron chi connectivity index (χ1n) is 10.5. The van der Waals surface area contributed by atoms with Crippen molar-refractivity contribution < 1.29 is 3.63 Å². The van der Waals surface area contributed by atoms with E-state index in [1.807, 2.05) is 0 Å². The van der Waals surface area contributed by atoms with Gasteiger partial charge in [0.1, 0.15) is 11.3 Å². The van der Waals surface area contributed by atoms with Crippen LogP contribution in [-0.4, -0.2) is 27.3 Å². The summed E-state index contributed by atoms with van der Waals surface area (Å²) in [6, 6.07) is 8.80. The summed E-state index contributed by atoms with van der Waals surface area (Å²) in [5, 5.41) is 3.02. The molecule has 0 saturated carbocycles. The van der Waals surface area contributed by atoms with E-state index in [1.165, 1.54) is 73.6 Å². The number of aryl methyl sites for hydroxylation is 6. The van der Waals surface area contributed by atoms with Crippen molar-refractivity contribution in [3.63, 3.8) is 0 Å². The Bertz CT molecular complexity index is 971. The van der Waals surface area contributed by atoms with Crippen LogP contribution in [0.2, 0.25) is 0 Å². The molecule has 0 radical (unpaired) electrons. The minimum absolute atomic E-state index is 0.671. The first-order valence-corrected chi connectivity index (χ1v) is 13.1. The van der Waals surface area contributed by atoms with Gasteiger partial charge in [0.25, 0.3) is 0 Å². The van der Waals surface area contributed by atoms with Crippen molar-refractivity contribution in [2.75, 3.05) is 12.3 Å². The molecule has 0 saturated heterocycles. The van der Waals surface area contributed by atoms with Crippen molar-refractivity contribution in [1.82, 2.24) is 15.3 Å². The van der Waals surface area contributed by atoms with Crippen LogP contribution in [0.15, 0.2) is 52.8 Å². The molecule has 0 aliphatic rings. The van der Waals surface area contributed by atoms with Crippen molar-refractivity contribution in [3.8, 4) is 0 Å². The summed E-state index contributed by atoms with van der Waals surface area (Å²) in [7, 11) is 0. The monoisotopic (exact) mass is 517 g/mol. The number of nitrogens with zero attached hydrogens (tertiary/aromatic N) is 2. The molecule has 0 bridgehead atoms. The van der Waals surface area contributed by atoms with Crippen molar-refractivity contribution in [2.24, 2.45) is 0 Å². The van der Waals surface area contributed by atoms with E-state index in [0.29, 0.717) is 4.99 Å². The van der Waals surface area contributed by atoms with Gasteiger partial charge in [-0.3, -0.25) is 0 Å². The van der Waals surface area contributed by atoms with Gasteiger partial charge in [-0.1, -0.05) is 47.6 Å². The van der Waals surface area contributed by atoms with Crippen LogP contribution in [0.25, 0.3) is 0 Å². The SMILES string of the molecule is Cc1cc(C)c(SOSc2c(C)cc(C)cc2C)c(C)c1.S=C(NCCS)c1cncnc1. The number of thiol groups is 1. The Morgan fingerprint density at radius 2 is 1.27 bits per heavy atom. The molecule has 0 atom stereocenters. The standard InChI is InChI=1S/C18H22OS2.C7H9N3S2/c1-11-7-13(3)17(14(4)8-11)20-19-21-18-15(5)9-12(2)10-16(18)6;11-2-1-10-7(12)6-3-8-5-9-4-6/h7-10H,1-6H3;3-5,11H,1-2H2,(H,10,12). The zero-order valence-electron chi connectivity index (χ0n) is 19.9. The summed E-state index contributed by atoms with van der Waals surface area (Å²) in [4.78, 5) is 10.8. The molecule has 0 amide bonds. The molecule has 176 valence electrons. The van der Waals surface area contributed by atoms with E-state index in [1.54, 1.807) is 12.4 Å². The van der Waals surface area contributed by atoms with Gasteiger partial charge in [-0.2, -0.15) is 12.6 Å². The Kier molecular flexibility index (Phi) is 11.7. The Labute approximate surface area is 217 Å². The maximum Gasteiger partial charge on any atom is 0.115 e. The number of nitrogens with one attached hydrogen (secondary N) is 1. The van der Waals surface area contributed by atoms with Crippen LogP contribution in [-0.2, 0) is 3.63 Å². The van der Waals surface area contributed by atoms with Crippen LogP contribution in [0.5, 0.6) is 0 Å². The van der Waals surface area contributed by atoms with Crippen molar-refractivity contribution >= 4 is 53.9 Å². The second kappa shape index (κ2) is 14.0. The van der Waals surface area contributed by atoms with Crippen molar-refractivity contribution in [2.45, 2.75) is 51.3 Å². The lowest BCUT2D eigenvalue weighted by Crippen LogP contribution is -2.24. The fourth-order valence-corrected chi connectivity index (χ4v) is 5.13. The van der Waals surface area contributed by atoms with E-state index in [2.05, 4.69) is 93.7 Å². The summed E-state index contributed by atoms with van der Waals surface area (Å²) < 4.78 is 5.84. The lowest BCUT2D eigenvalue weighted by atomic mass is 10.1. The third-order valence-corrected chi connectivity index (χ3v) is 7.43. The van der Waals surface area contributed by atoms with Gasteiger partial charge < -0.3 is 5.32 Å². The molecule has 1 N–H and O–H groups in total. The molecule has 0 spiro atoms. The Balaban J connectivity index is 0.000000273. The average molecular weight is 518 g/mol. The molecule has 0 fully saturated rings. The van der Waals surface area contributed by atoms with Gasteiger partial charge in [0.05, 0.1) is 0 Å². The molecule has 1 heterocycles. The minimum Gasteiger partial charge on any atom is -0.375 e. The van der Waals surface area contributed by atoms with Gasteiger partial charge >= 0.3 is 0 Å². The molecular weight excluding hydrogens is 487 g/mol. The molecule has 3 rings (SSSR count). The van der Waals surface area contributed by atoms with E-state index in [-0.39, 0.29) is 0 Å². The fraction of sp³-hybridized carbons (Fsp3) is 0.320. The molecular formula is C25H31N3OS4. The Morgan fingerprint density at radius 3 is 1.67 bits per heavy atom. The maximum absolute atomic E-state index is 5.84. The van der Waals surface area contributed by atoms with E-state index in [9.17, 15) is 0 Å². The normalized spacial score (nSPS) is 10.4. The van der Waals surface area contributed by atoms with Crippen LogP contribution < -0.4 is 5.32 Å². The average Bonchev–Trinajstić information content (AvgIpc) is 2.76. The number of hydrogen-bond donors (Lipinski definition) is 2. The molecule has 2 aromatic carbocycles. The second-order valence-corrected chi connectivity index (χ2v) is 10.3. The zero-order valence-corrected chi connectivity index (χ0v) is 23.3. The highest BCUT2D eigenvalue weighted by molar-refractivity contribution is 8.08. The molecule has 0 unspecified atom stereocenters. The summed E-state index contributed by atoms with van der Waals surface area (Å²) in [6.07, 6.45) is 4.84. The zero-order chi connectivity index (χ0) is 24.4. The predicted molar refractivity (Wildman–Crippen MR) is 150 cm³/mol. The third-order valence-electron chi connectivity index (χ3n) is 4.66. The minimum atomic E-state index is 0.671. The fourth-order valence-electron chi connectivity index (χ4n) is 3.37. The lowest BCUT2D eigenvalue weighted by Gasteiger charge is -2.12. The van der Waals surface area contributed by atoms with Crippen LogP contribution in [0, 0.1) is 41.5 Å². The Hall–Kier alpha value is -1.58. The third kappa shape index (κ3) is 8.94. The molecule has 0 aliphatic carbocycles. The molecule has 0 aliphatic heterocycles.